The Kier molecular flexibility index (Phi) is 20.7. The van der Waals surface area contributed by atoms with Crippen LogP contribution in [0.15, 0.2) is 18.2 Å². The summed E-state index contributed by atoms with van der Waals surface area (Å²) in [6.07, 6.45) is 11.9. The van der Waals surface area contributed by atoms with Crippen LogP contribution in [0.3, 0.4) is 0 Å². The second kappa shape index (κ2) is 22.7. The van der Waals surface area contributed by atoms with Gasteiger partial charge in [0, 0.05) is 32.6 Å². The van der Waals surface area contributed by atoms with Crippen molar-refractivity contribution in [2.45, 2.75) is 125 Å². The number of unbranched alkanes of at least 4 members (excludes halogenated alkanes) is 3. The molecule has 0 bridgehead atoms. The van der Waals surface area contributed by atoms with E-state index in [0.717, 1.165) is 37.3 Å². The first-order valence-corrected chi connectivity index (χ1v) is 16.9. The van der Waals surface area contributed by atoms with Crippen molar-refractivity contribution in [3.8, 4) is 11.5 Å². The largest absolute Gasteiger partial charge is 0.493 e. The van der Waals surface area contributed by atoms with E-state index in [9.17, 15) is 9.90 Å². The summed E-state index contributed by atoms with van der Waals surface area (Å²) in [6, 6.07) is 6.18. The van der Waals surface area contributed by atoms with Crippen molar-refractivity contribution in [2.75, 3.05) is 34.0 Å². The summed E-state index contributed by atoms with van der Waals surface area (Å²) >= 11 is 0. The monoisotopic (exact) mass is 591 g/mol. The second-order valence-electron chi connectivity index (χ2n) is 13.0. The number of hydrogen-bond donors (Lipinski definition) is 2. The number of carbonyl (C=O) groups excluding carboxylic acids is 1. The maximum Gasteiger partial charge on any atom is 0.223 e. The van der Waals surface area contributed by atoms with Crippen LogP contribution in [0.2, 0.25) is 0 Å². The molecule has 2 N–H and O–H groups in total. The highest BCUT2D eigenvalue weighted by Gasteiger charge is 2.27. The number of ether oxygens (including phenoxy) is 3. The molecule has 0 heterocycles. The normalized spacial score (nSPS) is 14.5. The van der Waals surface area contributed by atoms with Crippen LogP contribution >= 0.6 is 0 Å². The molecule has 0 aromatic heterocycles. The van der Waals surface area contributed by atoms with Crippen molar-refractivity contribution in [2.24, 2.45) is 29.6 Å². The maximum absolute atomic E-state index is 13.3. The highest BCUT2D eigenvalue weighted by Crippen LogP contribution is 2.32. The third-order valence-electron chi connectivity index (χ3n) is 8.70. The molecular weight excluding hydrogens is 526 g/mol. The Hall–Kier alpha value is -1.79. The number of hydrogen-bond acceptors (Lipinski definition) is 5. The van der Waals surface area contributed by atoms with Gasteiger partial charge >= 0.3 is 0 Å². The SMILES string of the molecule is CCCCCC(CCCC)CNC(=O)C(C[C@H](O)CCC(Cc1ccc(OC)c(OCCCOC)c1)C(C)C)C(C)C. The lowest BCUT2D eigenvalue weighted by atomic mass is 9.82. The Labute approximate surface area is 258 Å². The van der Waals surface area contributed by atoms with Gasteiger partial charge in [-0.3, -0.25) is 4.79 Å². The number of nitrogens with one attached hydrogen (secondary N) is 1. The van der Waals surface area contributed by atoms with E-state index in [-0.39, 0.29) is 17.7 Å². The molecule has 4 atom stereocenters. The molecule has 1 aromatic rings. The number of rotatable bonds is 25. The number of carbonyl (C=O) groups is 1. The van der Waals surface area contributed by atoms with Crippen molar-refractivity contribution in [3.05, 3.63) is 23.8 Å². The molecule has 0 aliphatic carbocycles. The van der Waals surface area contributed by atoms with Gasteiger partial charge in [-0.2, -0.15) is 0 Å². The van der Waals surface area contributed by atoms with Crippen LogP contribution in [0.1, 0.15) is 118 Å². The molecule has 6 heteroatoms. The topological polar surface area (TPSA) is 77.0 Å². The third kappa shape index (κ3) is 15.6. The summed E-state index contributed by atoms with van der Waals surface area (Å²) in [4.78, 5) is 13.3. The predicted molar refractivity (Wildman–Crippen MR) is 175 cm³/mol. The molecule has 0 aliphatic heterocycles. The summed E-state index contributed by atoms with van der Waals surface area (Å²) in [5.41, 5.74) is 1.21. The molecule has 0 radical (unpaired) electrons. The maximum atomic E-state index is 13.3. The number of methoxy groups -OCH3 is 2. The van der Waals surface area contributed by atoms with Crippen LogP contribution in [-0.2, 0) is 16.0 Å². The number of aliphatic hydroxyl groups excluding tert-OH is 1. The molecule has 0 aliphatic rings. The van der Waals surface area contributed by atoms with Gasteiger partial charge < -0.3 is 24.6 Å². The fraction of sp³-hybridized carbons (Fsp3) is 0.806. The van der Waals surface area contributed by atoms with Gasteiger partial charge in [-0.1, -0.05) is 79.7 Å². The Bertz CT molecular complexity index is 827. The van der Waals surface area contributed by atoms with Gasteiger partial charge in [0.1, 0.15) is 0 Å². The van der Waals surface area contributed by atoms with Gasteiger partial charge in [-0.15, -0.1) is 0 Å². The van der Waals surface area contributed by atoms with E-state index in [1.54, 1.807) is 14.2 Å². The van der Waals surface area contributed by atoms with Crippen molar-refractivity contribution in [1.82, 2.24) is 5.32 Å². The molecule has 1 amide bonds. The number of benzene rings is 1. The average molecular weight is 592 g/mol. The average Bonchev–Trinajstić information content (AvgIpc) is 2.96. The summed E-state index contributed by atoms with van der Waals surface area (Å²) in [6.45, 7) is 15.2. The Morgan fingerprint density at radius 2 is 1.57 bits per heavy atom. The summed E-state index contributed by atoms with van der Waals surface area (Å²) in [5.74, 6) is 3.09. The summed E-state index contributed by atoms with van der Waals surface area (Å²) < 4.78 is 16.6. The summed E-state index contributed by atoms with van der Waals surface area (Å²) in [5, 5.41) is 14.4. The molecule has 0 spiro atoms. The minimum Gasteiger partial charge on any atom is -0.493 e. The smallest absolute Gasteiger partial charge is 0.223 e. The highest BCUT2D eigenvalue weighted by molar-refractivity contribution is 5.78. The van der Waals surface area contributed by atoms with Gasteiger partial charge in [0.2, 0.25) is 5.91 Å². The quantitative estimate of drug-likeness (QED) is 0.112. The Morgan fingerprint density at radius 1 is 0.857 bits per heavy atom. The van der Waals surface area contributed by atoms with Crippen molar-refractivity contribution in [1.29, 1.82) is 0 Å². The van der Waals surface area contributed by atoms with E-state index >= 15 is 0 Å². The highest BCUT2D eigenvalue weighted by atomic mass is 16.5. The van der Waals surface area contributed by atoms with Crippen molar-refractivity contribution >= 4 is 5.91 Å². The zero-order valence-corrected chi connectivity index (χ0v) is 28.4. The van der Waals surface area contributed by atoms with Gasteiger partial charge in [0.05, 0.1) is 19.8 Å². The van der Waals surface area contributed by atoms with Crippen LogP contribution in [-0.4, -0.2) is 51.1 Å². The lowest BCUT2D eigenvalue weighted by molar-refractivity contribution is -0.127. The van der Waals surface area contributed by atoms with E-state index < -0.39 is 6.10 Å². The predicted octanol–water partition coefficient (Wildman–Crippen LogP) is 8.23. The fourth-order valence-corrected chi connectivity index (χ4v) is 5.72. The van der Waals surface area contributed by atoms with Gasteiger partial charge in [0.25, 0.3) is 0 Å². The molecule has 6 nitrogen and oxygen atoms in total. The minimum absolute atomic E-state index is 0.109. The van der Waals surface area contributed by atoms with E-state index in [1.807, 2.05) is 6.07 Å². The van der Waals surface area contributed by atoms with Gasteiger partial charge in [0.15, 0.2) is 11.5 Å². The lowest BCUT2D eigenvalue weighted by Gasteiger charge is -2.27. The van der Waals surface area contributed by atoms with Crippen LogP contribution in [0.25, 0.3) is 0 Å². The second-order valence-corrected chi connectivity index (χ2v) is 13.0. The van der Waals surface area contributed by atoms with Gasteiger partial charge in [-0.05, 0) is 79.9 Å². The van der Waals surface area contributed by atoms with E-state index in [2.05, 4.69) is 59.0 Å². The van der Waals surface area contributed by atoms with Crippen LogP contribution < -0.4 is 14.8 Å². The minimum atomic E-state index is -0.486. The fourth-order valence-electron chi connectivity index (χ4n) is 5.72. The first kappa shape index (κ1) is 38.2. The zero-order valence-electron chi connectivity index (χ0n) is 28.4. The molecule has 0 saturated heterocycles. The van der Waals surface area contributed by atoms with E-state index in [1.165, 1.54) is 50.5 Å². The molecule has 3 unspecified atom stereocenters. The summed E-state index contributed by atoms with van der Waals surface area (Å²) in [7, 11) is 3.36. The molecule has 1 aromatic carbocycles. The Balaban J connectivity index is 2.73. The third-order valence-corrected chi connectivity index (χ3v) is 8.70. The van der Waals surface area contributed by atoms with Crippen LogP contribution in [0.4, 0.5) is 0 Å². The van der Waals surface area contributed by atoms with Crippen LogP contribution in [0, 0.1) is 29.6 Å². The molecule has 0 saturated carbocycles. The Morgan fingerprint density at radius 3 is 2.19 bits per heavy atom. The first-order valence-electron chi connectivity index (χ1n) is 16.9. The van der Waals surface area contributed by atoms with E-state index in [4.69, 9.17) is 14.2 Å². The zero-order chi connectivity index (χ0) is 31.3. The molecule has 244 valence electrons. The molecular formula is C36H65NO5. The number of aliphatic hydroxyl groups is 1. The first-order chi connectivity index (χ1) is 20.2. The lowest BCUT2D eigenvalue weighted by Crippen LogP contribution is -2.38. The van der Waals surface area contributed by atoms with Crippen molar-refractivity contribution < 1.29 is 24.1 Å². The van der Waals surface area contributed by atoms with Crippen molar-refractivity contribution in [3.63, 3.8) is 0 Å². The number of amides is 1. The molecule has 42 heavy (non-hydrogen) atoms. The standard InChI is InChI=1S/C36H65NO5/c1-9-11-13-16-29(15-12-10-2)26-37-36(39)33(28(5)6)25-32(38)19-18-31(27(3)4)23-30-17-20-34(41-8)35(24-30)42-22-14-21-40-7/h17,20,24,27-29,31-33,38H,9-16,18-19,21-23,25-26H2,1-8H3,(H,37,39)/t29?,31?,32-,33?/m1/s1. The molecule has 1 rings (SSSR count). The van der Waals surface area contributed by atoms with E-state index in [0.29, 0.717) is 43.8 Å². The van der Waals surface area contributed by atoms with Crippen LogP contribution in [0.5, 0.6) is 11.5 Å². The van der Waals surface area contributed by atoms with Gasteiger partial charge in [-0.25, -0.2) is 0 Å². The molecule has 0 fully saturated rings.